The molecule has 0 aliphatic carbocycles. The van der Waals surface area contributed by atoms with Crippen LogP contribution in [0.25, 0.3) is 0 Å². The van der Waals surface area contributed by atoms with Crippen LogP contribution in [0.2, 0.25) is 0 Å². The lowest BCUT2D eigenvalue weighted by molar-refractivity contribution is -0.144. The largest absolute Gasteiger partial charge is 0.476 e. The zero-order valence-corrected chi connectivity index (χ0v) is 8.62. The Morgan fingerprint density at radius 2 is 2.06 bits per heavy atom. The number of hydrogen-bond acceptors (Lipinski definition) is 3. The lowest BCUT2D eigenvalue weighted by Crippen LogP contribution is -2.20. The van der Waals surface area contributed by atoms with Crippen LogP contribution in [0.4, 0.5) is 13.2 Å². The Morgan fingerprint density at radius 1 is 1.50 bits per heavy atom. The third-order valence-electron chi connectivity index (χ3n) is 1.74. The molecule has 1 aromatic heterocycles. The fourth-order valence-electron chi connectivity index (χ4n) is 1.21. The van der Waals surface area contributed by atoms with Gasteiger partial charge < -0.3 is 5.11 Å². The molecule has 16 heavy (non-hydrogen) atoms. The van der Waals surface area contributed by atoms with Crippen molar-refractivity contribution in [3.63, 3.8) is 0 Å². The summed E-state index contributed by atoms with van der Waals surface area (Å²) < 4.78 is 38.3. The normalized spacial score (nSPS) is 12.1. The highest BCUT2D eigenvalue weighted by atomic mass is 19.4. The average Bonchev–Trinajstić information content (AvgIpc) is 2.45. The summed E-state index contributed by atoms with van der Waals surface area (Å²) in [5, 5.41) is 14.8. The number of carboxylic acid groups (broad SMARTS) is 1. The first-order valence-electron chi connectivity index (χ1n) is 4.47. The molecule has 8 heteroatoms. The van der Waals surface area contributed by atoms with E-state index >= 15 is 0 Å². The second-order valence-electron chi connectivity index (χ2n) is 3.67. The van der Waals surface area contributed by atoms with Gasteiger partial charge in [0, 0.05) is 6.54 Å². The molecule has 0 radical (unpaired) electrons. The van der Waals surface area contributed by atoms with Gasteiger partial charge in [0.05, 0.1) is 0 Å². The van der Waals surface area contributed by atoms with E-state index in [1.54, 1.807) is 13.8 Å². The Labute approximate surface area is 88.9 Å². The molecule has 1 aromatic rings. The first-order chi connectivity index (χ1) is 7.23. The van der Waals surface area contributed by atoms with Gasteiger partial charge in [-0.2, -0.15) is 13.2 Å². The van der Waals surface area contributed by atoms with Crippen LogP contribution in [0, 0.1) is 5.92 Å². The van der Waals surface area contributed by atoms with Gasteiger partial charge in [0.1, 0.15) is 0 Å². The molecule has 0 atom stereocenters. The minimum atomic E-state index is -4.77. The molecular weight excluding hydrogens is 227 g/mol. The summed E-state index contributed by atoms with van der Waals surface area (Å²) in [5.74, 6) is -1.83. The molecule has 0 aliphatic heterocycles. The smallest absolute Gasteiger partial charge is 0.435 e. The second kappa shape index (κ2) is 4.11. The number of hydrogen-bond donors (Lipinski definition) is 1. The first kappa shape index (κ1) is 12.5. The van der Waals surface area contributed by atoms with Crippen LogP contribution >= 0.6 is 0 Å². The van der Waals surface area contributed by atoms with E-state index in [-0.39, 0.29) is 12.5 Å². The Bertz CT molecular complexity index is 398. The van der Waals surface area contributed by atoms with Gasteiger partial charge in [0.2, 0.25) is 5.69 Å². The van der Waals surface area contributed by atoms with Gasteiger partial charge in [0.25, 0.3) is 0 Å². The molecule has 0 amide bonds. The molecule has 1 heterocycles. The summed E-state index contributed by atoms with van der Waals surface area (Å²) in [6, 6.07) is 0. The lowest BCUT2D eigenvalue weighted by atomic mass is 10.2. The van der Waals surface area contributed by atoms with E-state index < -0.39 is 23.5 Å². The van der Waals surface area contributed by atoms with Crippen LogP contribution in [-0.2, 0) is 12.7 Å². The van der Waals surface area contributed by atoms with Crippen molar-refractivity contribution in [1.82, 2.24) is 15.0 Å². The number of nitrogens with zero attached hydrogens (tertiary/aromatic N) is 3. The molecule has 0 aromatic carbocycles. The topological polar surface area (TPSA) is 68.0 Å². The summed E-state index contributed by atoms with van der Waals surface area (Å²) in [5.41, 5.74) is -2.37. The molecule has 90 valence electrons. The van der Waals surface area contributed by atoms with Gasteiger partial charge in [-0.05, 0) is 5.92 Å². The standard InChI is InChI=1S/C8H10F3N3O2/c1-4(2)3-14-6(8(9,10)11)5(7(15)16)12-13-14/h4H,3H2,1-2H3,(H,15,16). The van der Waals surface area contributed by atoms with Crippen molar-refractivity contribution < 1.29 is 23.1 Å². The summed E-state index contributed by atoms with van der Waals surface area (Å²) in [6.07, 6.45) is -4.77. The van der Waals surface area contributed by atoms with Crippen LogP contribution in [0.15, 0.2) is 0 Å². The molecule has 0 unspecified atom stereocenters. The van der Waals surface area contributed by atoms with Gasteiger partial charge in [-0.15, -0.1) is 5.10 Å². The quantitative estimate of drug-likeness (QED) is 0.867. The second-order valence-corrected chi connectivity index (χ2v) is 3.67. The zero-order chi connectivity index (χ0) is 12.5. The van der Waals surface area contributed by atoms with Gasteiger partial charge in [-0.3, -0.25) is 0 Å². The molecule has 0 bridgehead atoms. The molecular formula is C8H10F3N3O2. The lowest BCUT2D eigenvalue weighted by Gasteiger charge is -2.11. The molecule has 0 aliphatic rings. The minimum absolute atomic E-state index is 0.0326. The van der Waals surface area contributed by atoms with Crippen molar-refractivity contribution in [3.8, 4) is 0 Å². The number of aromatic carboxylic acids is 1. The fraction of sp³-hybridized carbons (Fsp3) is 0.625. The molecule has 0 fully saturated rings. The van der Waals surface area contributed by atoms with E-state index in [2.05, 4.69) is 10.3 Å². The van der Waals surface area contributed by atoms with Crippen LogP contribution in [0.3, 0.4) is 0 Å². The molecule has 0 spiro atoms. The van der Waals surface area contributed by atoms with Crippen LogP contribution in [0.1, 0.15) is 30.0 Å². The molecule has 1 N–H and O–H groups in total. The molecule has 5 nitrogen and oxygen atoms in total. The Hall–Kier alpha value is -1.60. The van der Waals surface area contributed by atoms with Crippen molar-refractivity contribution in [1.29, 1.82) is 0 Å². The Kier molecular flexibility index (Phi) is 3.20. The molecule has 0 saturated heterocycles. The van der Waals surface area contributed by atoms with E-state index in [0.717, 1.165) is 0 Å². The summed E-state index contributed by atoms with van der Waals surface area (Å²) in [7, 11) is 0. The van der Waals surface area contributed by atoms with E-state index in [0.29, 0.717) is 4.68 Å². The fourth-order valence-corrected chi connectivity index (χ4v) is 1.21. The van der Waals surface area contributed by atoms with Crippen molar-refractivity contribution in [2.45, 2.75) is 26.6 Å². The predicted molar refractivity (Wildman–Crippen MR) is 46.8 cm³/mol. The van der Waals surface area contributed by atoms with Crippen molar-refractivity contribution in [3.05, 3.63) is 11.4 Å². The number of aromatic nitrogens is 3. The average molecular weight is 237 g/mol. The zero-order valence-electron chi connectivity index (χ0n) is 8.62. The maximum Gasteiger partial charge on any atom is 0.435 e. The van der Waals surface area contributed by atoms with Crippen LogP contribution < -0.4 is 0 Å². The van der Waals surface area contributed by atoms with E-state index in [9.17, 15) is 18.0 Å². The predicted octanol–water partition coefficient (Wildman–Crippen LogP) is 1.65. The van der Waals surface area contributed by atoms with Gasteiger partial charge in [-0.1, -0.05) is 19.1 Å². The SMILES string of the molecule is CC(C)Cn1nnc(C(=O)O)c1C(F)(F)F. The van der Waals surface area contributed by atoms with E-state index in [4.69, 9.17) is 5.11 Å². The van der Waals surface area contributed by atoms with E-state index in [1.807, 2.05) is 0 Å². The van der Waals surface area contributed by atoms with Crippen LogP contribution in [0.5, 0.6) is 0 Å². The summed E-state index contributed by atoms with van der Waals surface area (Å²) in [6.45, 7) is 3.36. The van der Waals surface area contributed by atoms with Gasteiger partial charge in [0.15, 0.2) is 5.69 Å². The number of carbonyl (C=O) groups is 1. The molecule has 0 saturated carbocycles. The number of carboxylic acids is 1. The Morgan fingerprint density at radius 3 is 2.44 bits per heavy atom. The van der Waals surface area contributed by atoms with Crippen molar-refractivity contribution in [2.24, 2.45) is 5.92 Å². The monoisotopic (exact) mass is 237 g/mol. The molecule has 1 rings (SSSR count). The maximum absolute atomic E-state index is 12.6. The van der Waals surface area contributed by atoms with Crippen LogP contribution in [-0.4, -0.2) is 26.1 Å². The maximum atomic E-state index is 12.6. The summed E-state index contributed by atoms with van der Waals surface area (Å²) >= 11 is 0. The van der Waals surface area contributed by atoms with Gasteiger partial charge >= 0.3 is 12.1 Å². The van der Waals surface area contributed by atoms with E-state index in [1.165, 1.54) is 0 Å². The first-order valence-corrected chi connectivity index (χ1v) is 4.47. The number of alkyl halides is 3. The third-order valence-corrected chi connectivity index (χ3v) is 1.74. The van der Waals surface area contributed by atoms with Crippen molar-refractivity contribution in [2.75, 3.05) is 0 Å². The van der Waals surface area contributed by atoms with Gasteiger partial charge in [-0.25, -0.2) is 9.48 Å². The highest BCUT2D eigenvalue weighted by Gasteiger charge is 2.41. The number of rotatable bonds is 3. The number of halogens is 3. The van der Waals surface area contributed by atoms with Crippen molar-refractivity contribution >= 4 is 5.97 Å². The Balaban J connectivity index is 3.25. The third kappa shape index (κ3) is 2.50. The highest BCUT2D eigenvalue weighted by molar-refractivity contribution is 5.86. The minimum Gasteiger partial charge on any atom is -0.476 e. The highest BCUT2D eigenvalue weighted by Crippen LogP contribution is 2.31. The summed E-state index contributed by atoms with van der Waals surface area (Å²) in [4.78, 5) is 10.6.